The van der Waals surface area contributed by atoms with E-state index in [1.54, 1.807) is 0 Å². The van der Waals surface area contributed by atoms with Crippen molar-refractivity contribution in [3.8, 4) is 0 Å². The second kappa shape index (κ2) is 3.46. The predicted molar refractivity (Wildman–Crippen MR) is 50.6 cm³/mol. The molecule has 1 fully saturated rings. The largest absolute Gasteiger partial charge is 0.315 e. The molecule has 13 heavy (non-hydrogen) atoms. The molecular weight excluding hydrogens is 164 g/mol. The molecule has 1 unspecified atom stereocenters. The zero-order valence-corrected chi connectivity index (χ0v) is 8.20. The highest BCUT2D eigenvalue weighted by atomic mass is 15.4. The Balaban J connectivity index is 2.12. The average Bonchev–Trinajstić information content (AvgIpc) is 2.75. The Kier molecular flexibility index (Phi) is 2.31. The van der Waals surface area contributed by atoms with Gasteiger partial charge in [-0.05, 0) is 13.0 Å². The van der Waals surface area contributed by atoms with Crippen LogP contribution in [0, 0.1) is 0 Å². The van der Waals surface area contributed by atoms with Crippen molar-refractivity contribution in [2.45, 2.75) is 32.2 Å². The van der Waals surface area contributed by atoms with E-state index in [0.717, 1.165) is 18.9 Å². The molecule has 1 atom stereocenters. The van der Waals surface area contributed by atoms with Crippen LogP contribution in [-0.2, 0) is 0 Å². The smallest absolute Gasteiger partial charge is 0.153 e. The van der Waals surface area contributed by atoms with Gasteiger partial charge < -0.3 is 5.32 Å². The van der Waals surface area contributed by atoms with E-state index < -0.39 is 0 Å². The molecule has 1 aromatic heterocycles. The molecule has 1 aliphatic heterocycles. The van der Waals surface area contributed by atoms with Crippen molar-refractivity contribution in [2.75, 3.05) is 13.1 Å². The Morgan fingerprint density at radius 1 is 1.62 bits per heavy atom. The first-order valence-corrected chi connectivity index (χ1v) is 4.89. The van der Waals surface area contributed by atoms with Gasteiger partial charge in [-0.25, -0.2) is 9.67 Å². The van der Waals surface area contributed by atoms with Gasteiger partial charge in [0, 0.05) is 12.5 Å². The van der Waals surface area contributed by atoms with Gasteiger partial charge in [0.1, 0.15) is 6.33 Å². The molecular formula is C9H16N4. The van der Waals surface area contributed by atoms with Gasteiger partial charge >= 0.3 is 0 Å². The van der Waals surface area contributed by atoms with Gasteiger partial charge in [0.15, 0.2) is 5.82 Å². The molecule has 1 N–H and O–H groups in total. The quantitative estimate of drug-likeness (QED) is 0.736. The summed E-state index contributed by atoms with van der Waals surface area (Å²) in [6.45, 7) is 6.36. The Morgan fingerprint density at radius 2 is 2.46 bits per heavy atom. The molecule has 2 rings (SSSR count). The summed E-state index contributed by atoms with van der Waals surface area (Å²) >= 11 is 0. The lowest BCUT2D eigenvalue weighted by Gasteiger charge is -2.06. The van der Waals surface area contributed by atoms with Gasteiger partial charge in [-0.15, -0.1) is 0 Å². The average molecular weight is 180 g/mol. The van der Waals surface area contributed by atoms with Gasteiger partial charge in [-0.2, -0.15) is 5.10 Å². The topological polar surface area (TPSA) is 42.7 Å². The summed E-state index contributed by atoms with van der Waals surface area (Å²) in [6, 6.07) is 0.514. The van der Waals surface area contributed by atoms with Gasteiger partial charge in [0.25, 0.3) is 0 Å². The number of hydrogen-bond donors (Lipinski definition) is 1. The lowest BCUT2D eigenvalue weighted by Crippen LogP contribution is -2.14. The van der Waals surface area contributed by atoms with Crippen LogP contribution in [0.3, 0.4) is 0 Å². The van der Waals surface area contributed by atoms with Crippen molar-refractivity contribution in [2.24, 2.45) is 0 Å². The fraction of sp³-hybridized carbons (Fsp3) is 0.778. The second-order valence-corrected chi connectivity index (χ2v) is 3.88. The molecule has 1 aromatic rings. The van der Waals surface area contributed by atoms with Crippen LogP contribution in [0.5, 0.6) is 0 Å². The van der Waals surface area contributed by atoms with Crippen LogP contribution in [0.25, 0.3) is 0 Å². The van der Waals surface area contributed by atoms with Crippen LogP contribution < -0.4 is 5.32 Å². The van der Waals surface area contributed by atoms with Gasteiger partial charge in [-0.3, -0.25) is 0 Å². The van der Waals surface area contributed by atoms with E-state index in [1.165, 1.54) is 6.42 Å². The molecule has 0 bridgehead atoms. The summed E-state index contributed by atoms with van der Waals surface area (Å²) in [4.78, 5) is 4.28. The Bertz CT molecular complexity index is 273. The molecule has 1 saturated heterocycles. The summed E-state index contributed by atoms with van der Waals surface area (Å²) in [5, 5.41) is 7.78. The van der Waals surface area contributed by atoms with Crippen LogP contribution in [0.2, 0.25) is 0 Å². The maximum atomic E-state index is 4.46. The van der Waals surface area contributed by atoms with Crippen molar-refractivity contribution in [3.63, 3.8) is 0 Å². The monoisotopic (exact) mass is 180 g/mol. The van der Waals surface area contributed by atoms with E-state index >= 15 is 0 Å². The van der Waals surface area contributed by atoms with E-state index in [0.29, 0.717) is 12.0 Å². The van der Waals surface area contributed by atoms with Crippen LogP contribution >= 0.6 is 0 Å². The highest BCUT2D eigenvalue weighted by Gasteiger charge is 2.18. The SMILES string of the molecule is CC(C)c1ncn(C2CCNC2)n1. The van der Waals surface area contributed by atoms with Gasteiger partial charge in [0.2, 0.25) is 0 Å². The maximum Gasteiger partial charge on any atom is 0.153 e. The molecule has 0 radical (unpaired) electrons. The van der Waals surface area contributed by atoms with Crippen LogP contribution in [0.15, 0.2) is 6.33 Å². The van der Waals surface area contributed by atoms with E-state index in [9.17, 15) is 0 Å². The lowest BCUT2D eigenvalue weighted by atomic mass is 10.2. The number of nitrogens with one attached hydrogen (secondary N) is 1. The zero-order valence-electron chi connectivity index (χ0n) is 8.20. The summed E-state index contributed by atoms with van der Waals surface area (Å²) in [6.07, 6.45) is 3.02. The lowest BCUT2D eigenvalue weighted by molar-refractivity contribution is 0.483. The van der Waals surface area contributed by atoms with Crippen molar-refractivity contribution in [3.05, 3.63) is 12.2 Å². The molecule has 72 valence electrons. The first-order chi connectivity index (χ1) is 6.27. The van der Waals surface area contributed by atoms with E-state index in [4.69, 9.17) is 0 Å². The summed E-state index contributed by atoms with van der Waals surface area (Å²) in [7, 11) is 0. The van der Waals surface area contributed by atoms with Crippen molar-refractivity contribution < 1.29 is 0 Å². The zero-order chi connectivity index (χ0) is 9.26. The summed E-state index contributed by atoms with van der Waals surface area (Å²) in [5.74, 6) is 1.38. The van der Waals surface area contributed by atoms with E-state index in [-0.39, 0.29) is 0 Å². The van der Waals surface area contributed by atoms with Crippen molar-refractivity contribution >= 4 is 0 Å². The molecule has 0 amide bonds. The standard InChI is InChI=1S/C9H16N4/c1-7(2)9-11-6-13(12-9)8-3-4-10-5-8/h6-8,10H,3-5H2,1-2H3. The maximum absolute atomic E-state index is 4.46. The third-order valence-electron chi connectivity index (χ3n) is 2.45. The highest BCUT2D eigenvalue weighted by molar-refractivity contribution is 4.90. The third kappa shape index (κ3) is 1.72. The van der Waals surface area contributed by atoms with E-state index in [1.807, 2.05) is 11.0 Å². The minimum atomic E-state index is 0.426. The Hall–Kier alpha value is -0.900. The van der Waals surface area contributed by atoms with Gasteiger partial charge in [-0.1, -0.05) is 13.8 Å². The van der Waals surface area contributed by atoms with Crippen LogP contribution in [0.1, 0.15) is 38.1 Å². The first-order valence-electron chi connectivity index (χ1n) is 4.89. The minimum Gasteiger partial charge on any atom is -0.315 e. The fourth-order valence-corrected chi connectivity index (χ4v) is 1.59. The van der Waals surface area contributed by atoms with E-state index in [2.05, 4.69) is 29.2 Å². The molecule has 0 spiro atoms. The summed E-state index contributed by atoms with van der Waals surface area (Å²) in [5.41, 5.74) is 0. The Morgan fingerprint density at radius 3 is 3.00 bits per heavy atom. The number of nitrogens with zero attached hydrogens (tertiary/aromatic N) is 3. The molecule has 4 heteroatoms. The first kappa shape index (κ1) is 8.69. The van der Waals surface area contributed by atoms with Crippen molar-refractivity contribution in [1.82, 2.24) is 20.1 Å². The number of rotatable bonds is 2. The predicted octanol–water partition coefficient (Wildman–Crippen LogP) is 0.936. The van der Waals surface area contributed by atoms with Crippen LogP contribution in [0.4, 0.5) is 0 Å². The van der Waals surface area contributed by atoms with Crippen LogP contribution in [-0.4, -0.2) is 27.9 Å². The summed E-state index contributed by atoms with van der Waals surface area (Å²) < 4.78 is 2.00. The minimum absolute atomic E-state index is 0.426. The normalized spacial score (nSPS) is 22.8. The molecule has 0 aromatic carbocycles. The molecule has 2 heterocycles. The molecule has 0 aliphatic carbocycles. The number of aromatic nitrogens is 3. The Labute approximate surface area is 78.4 Å². The highest BCUT2D eigenvalue weighted by Crippen LogP contribution is 2.15. The van der Waals surface area contributed by atoms with Gasteiger partial charge in [0.05, 0.1) is 6.04 Å². The fourth-order valence-electron chi connectivity index (χ4n) is 1.59. The second-order valence-electron chi connectivity index (χ2n) is 3.88. The van der Waals surface area contributed by atoms with Crippen molar-refractivity contribution in [1.29, 1.82) is 0 Å². The molecule has 1 aliphatic rings. The number of hydrogen-bond acceptors (Lipinski definition) is 3. The molecule has 0 saturated carbocycles. The third-order valence-corrected chi connectivity index (χ3v) is 2.45. The molecule has 4 nitrogen and oxygen atoms in total.